The van der Waals surface area contributed by atoms with Crippen molar-refractivity contribution in [2.24, 2.45) is 5.92 Å². The predicted molar refractivity (Wildman–Crippen MR) is 110 cm³/mol. The molecule has 0 aliphatic rings. The lowest BCUT2D eigenvalue weighted by atomic mass is 10.0. The maximum Gasteiger partial charge on any atom is 0.266 e. The lowest BCUT2D eigenvalue weighted by molar-refractivity contribution is -0.117. The van der Waals surface area contributed by atoms with E-state index in [9.17, 15) is 9.59 Å². The zero-order chi connectivity index (χ0) is 20.3. The maximum absolute atomic E-state index is 13.2. The van der Waals surface area contributed by atoms with E-state index in [1.165, 1.54) is 11.5 Å². The van der Waals surface area contributed by atoms with Crippen molar-refractivity contribution in [3.63, 3.8) is 0 Å². The van der Waals surface area contributed by atoms with Crippen molar-refractivity contribution in [3.05, 3.63) is 64.4 Å². The number of thioether (sulfide) groups is 1. The van der Waals surface area contributed by atoms with Crippen LogP contribution in [-0.2, 0) is 4.79 Å². The largest absolute Gasteiger partial charge is 0.308 e. The van der Waals surface area contributed by atoms with Crippen molar-refractivity contribution in [2.45, 2.75) is 19.0 Å². The van der Waals surface area contributed by atoms with Crippen molar-refractivity contribution in [1.29, 1.82) is 10.7 Å². The Morgan fingerprint density at radius 3 is 2.61 bits per heavy atom. The molecule has 6 nitrogen and oxygen atoms in total. The average Bonchev–Trinajstić information content (AvgIpc) is 2.68. The summed E-state index contributed by atoms with van der Waals surface area (Å²) in [6, 6.07) is 16.4. The van der Waals surface area contributed by atoms with Gasteiger partial charge in [-0.05, 0) is 37.6 Å². The van der Waals surface area contributed by atoms with Gasteiger partial charge in [-0.3, -0.25) is 14.2 Å². The third kappa shape index (κ3) is 3.73. The summed E-state index contributed by atoms with van der Waals surface area (Å²) in [5.74, 6) is -1.50. The lowest BCUT2D eigenvalue weighted by Crippen LogP contribution is -2.24. The zero-order valence-corrected chi connectivity index (χ0v) is 16.3. The van der Waals surface area contributed by atoms with E-state index in [4.69, 9.17) is 10.7 Å². The van der Waals surface area contributed by atoms with Gasteiger partial charge in [-0.15, -0.1) is 0 Å². The fourth-order valence-corrected chi connectivity index (χ4v) is 3.78. The Balaban J connectivity index is 2.11. The van der Waals surface area contributed by atoms with Crippen LogP contribution in [0, 0.1) is 29.6 Å². The molecule has 0 aliphatic heterocycles. The number of ketones is 1. The number of aromatic nitrogens is 2. The number of Topliss-reactive ketones (excluding diaryl/α,β-unsaturated/α-hetero) is 1. The first-order valence-corrected chi connectivity index (χ1v) is 9.60. The first kappa shape index (κ1) is 19.5. The first-order chi connectivity index (χ1) is 13.4. The van der Waals surface area contributed by atoms with Crippen LogP contribution >= 0.6 is 11.8 Å². The molecule has 2 aromatic carbocycles. The molecule has 7 heteroatoms. The molecule has 0 saturated heterocycles. The minimum absolute atomic E-state index is 0.0101. The summed E-state index contributed by atoms with van der Waals surface area (Å²) in [7, 11) is 0. The summed E-state index contributed by atoms with van der Waals surface area (Å²) >= 11 is 1.10. The summed E-state index contributed by atoms with van der Waals surface area (Å²) in [6.07, 6.45) is 0. The minimum Gasteiger partial charge on any atom is -0.308 e. The van der Waals surface area contributed by atoms with Gasteiger partial charge in [0.1, 0.15) is 5.92 Å². The molecule has 0 aliphatic carbocycles. The number of para-hydroxylation sites is 2. The molecule has 140 valence electrons. The molecule has 0 unspecified atom stereocenters. The van der Waals surface area contributed by atoms with Crippen LogP contribution in [-0.4, -0.2) is 26.8 Å². The van der Waals surface area contributed by atoms with Crippen LogP contribution in [0.2, 0.25) is 0 Å². The number of nitrogens with zero attached hydrogens (tertiary/aromatic N) is 3. The number of fused-ring (bicyclic) bond motifs is 1. The van der Waals surface area contributed by atoms with Crippen LogP contribution in [0.15, 0.2) is 58.5 Å². The van der Waals surface area contributed by atoms with Crippen molar-refractivity contribution in [2.75, 3.05) is 5.75 Å². The van der Waals surface area contributed by atoms with E-state index < -0.39 is 5.92 Å². The number of hydrogen-bond donors (Lipinski definition) is 1. The van der Waals surface area contributed by atoms with Gasteiger partial charge in [0.05, 0.1) is 28.4 Å². The monoisotopic (exact) mass is 390 g/mol. The number of nitrogens with one attached hydrogen (secondary N) is 1. The fourth-order valence-electron chi connectivity index (χ4n) is 2.87. The minimum atomic E-state index is -1.08. The lowest BCUT2D eigenvalue weighted by Gasteiger charge is -2.15. The van der Waals surface area contributed by atoms with Gasteiger partial charge in [0.25, 0.3) is 5.56 Å². The summed E-state index contributed by atoms with van der Waals surface area (Å²) in [5, 5.41) is 17.6. The molecule has 3 rings (SSSR count). The van der Waals surface area contributed by atoms with Gasteiger partial charge in [-0.1, -0.05) is 42.1 Å². The van der Waals surface area contributed by atoms with Crippen molar-refractivity contribution in [3.8, 4) is 11.8 Å². The molecule has 0 fully saturated rings. The maximum atomic E-state index is 13.2. The van der Waals surface area contributed by atoms with E-state index in [0.717, 1.165) is 17.3 Å². The van der Waals surface area contributed by atoms with Gasteiger partial charge in [-0.2, -0.15) is 5.26 Å². The summed E-state index contributed by atoms with van der Waals surface area (Å²) in [4.78, 5) is 30.1. The molecule has 1 atom stereocenters. The highest BCUT2D eigenvalue weighted by Gasteiger charge is 2.22. The number of benzene rings is 2. The molecule has 1 heterocycles. The molecule has 0 amide bonds. The molecule has 0 saturated carbocycles. The van der Waals surface area contributed by atoms with Crippen molar-refractivity contribution in [1.82, 2.24) is 9.55 Å². The Morgan fingerprint density at radius 1 is 1.25 bits per heavy atom. The van der Waals surface area contributed by atoms with E-state index in [2.05, 4.69) is 4.98 Å². The predicted octanol–water partition coefficient (Wildman–Crippen LogP) is 3.53. The van der Waals surface area contributed by atoms with Gasteiger partial charge >= 0.3 is 0 Å². The van der Waals surface area contributed by atoms with Gasteiger partial charge in [-0.25, -0.2) is 4.98 Å². The van der Waals surface area contributed by atoms with E-state index in [1.54, 1.807) is 24.3 Å². The second kappa shape index (κ2) is 8.19. The molecular formula is C21H18N4O2S. The summed E-state index contributed by atoms with van der Waals surface area (Å²) in [5.41, 5.74) is 1.94. The second-order valence-electron chi connectivity index (χ2n) is 6.34. The van der Waals surface area contributed by atoms with Crippen molar-refractivity contribution >= 4 is 34.2 Å². The third-order valence-corrected chi connectivity index (χ3v) is 5.29. The Bertz CT molecular complexity index is 1180. The quantitative estimate of drug-likeness (QED) is 0.394. The molecule has 1 N–H and O–H groups in total. The van der Waals surface area contributed by atoms with E-state index in [-0.39, 0.29) is 22.8 Å². The third-order valence-electron chi connectivity index (χ3n) is 4.33. The number of hydrogen-bond acceptors (Lipinski definition) is 6. The van der Waals surface area contributed by atoms with Crippen LogP contribution in [0.4, 0.5) is 0 Å². The van der Waals surface area contributed by atoms with Crippen LogP contribution in [0.1, 0.15) is 12.5 Å². The number of carbonyl (C=O) groups is 1. The highest BCUT2D eigenvalue weighted by Crippen LogP contribution is 2.23. The summed E-state index contributed by atoms with van der Waals surface area (Å²) < 4.78 is 1.51. The Labute approximate surface area is 166 Å². The molecule has 3 aromatic rings. The number of carbonyl (C=O) groups excluding carboxylic acids is 1. The Morgan fingerprint density at radius 2 is 1.93 bits per heavy atom. The molecule has 1 aromatic heterocycles. The Kier molecular flexibility index (Phi) is 5.71. The van der Waals surface area contributed by atoms with Crippen LogP contribution < -0.4 is 5.56 Å². The second-order valence-corrected chi connectivity index (χ2v) is 7.28. The molecular weight excluding hydrogens is 372 g/mol. The van der Waals surface area contributed by atoms with Crippen molar-refractivity contribution < 1.29 is 4.79 Å². The summed E-state index contributed by atoms with van der Waals surface area (Å²) in [6.45, 7) is 3.34. The first-order valence-electron chi connectivity index (χ1n) is 8.62. The van der Waals surface area contributed by atoms with Gasteiger partial charge in [0.2, 0.25) is 0 Å². The SMILES string of the molecule is CC(=N)[C@@H](C#N)C(=O)CSc1nc2ccccc2c(=O)n1-c1ccccc1C. The molecule has 0 bridgehead atoms. The highest BCUT2D eigenvalue weighted by molar-refractivity contribution is 7.99. The van der Waals surface area contributed by atoms with E-state index in [0.29, 0.717) is 21.7 Å². The highest BCUT2D eigenvalue weighted by atomic mass is 32.2. The van der Waals surface area contributed by atoms with Crippen LogP contribution in [0.3, 0.4) is 0 Å². The van der Waals surface area contributed by atoms with Crippen LogP contribution in [0.5, 0.6) is 0 Å². The topological polar surface area (TPSA) is 99.6 Å². The molecule has 0 spiro atoms. The zero-order valence-electron chi connectivity index (χ0n) is 15.5. The number of rotatable bonds is 6. The van der Waals surface area contributed by atoms with E-state index >= 15 is 0 Å². The number of aryl methyl sites for hydroxylation is 1. The van der Waals surface area contributed by atoms with Crippen LogP contribution in [0.25, 0.3) is 16.6 Å². The average molecular weight is 390 g/mol. The standard InChI is InChI=1S/C21H18N4O2S/c1-13-7-3-6-10-18(13)25-20(27)15-8-4-5-9-17(15)24-21(25)28-12-19(26)16(11-22)14(2)23/h3-10,16,23H,12H2,1-2H3/t16-/m1/s1. The van der Waals surface area contributed by atoms with Gasteiger partial charge < -0.3 is 5.41 Å². The normalized spacial score (nSPS) is 11.8. The molecule has 28 heavy (non-hydrogen) atoms. The smallest absolute Gasteiger partial charge is 0.266 e. The van der Waals surface area contributed by atoms with Gasteiger partial charge in [0.15, 0.2) is 10.9 Å². The van der Waals surface area contributed by atoms with E-state index in [1.807, 2.05) is 37.3 Å². The van der Waals surface area contributed by atoms with Gasteiger partial charge in [0, 0.05) is 5.71 Å². The fraction of sp³-hybridized carbons (Fsp3) is 0.190. The Hall–Kier alpha value is -3.24. The molecule has 0 radical (unpaired) electrons. The number of nitriles is 1.